The molecule has 232 valence electrons. The van der Waals surface area contributed by atoms with E-state index in [1.807, 2.05) is 0 Å². The largest absolute Gasteiger partial charge is 0.573 e. The number of alkyl halides is 5. The van der Waals surface area contributed by atoms with Crippen LogP contribution in [0.3, 0.4) is 0 Å². The van der Waals surface area contributed by atoms with Gasteiger partial charge in [-0.25, -0.2) is 0 Å². The Morgan fingerprint density at radius 3 is 2.42 bits per heavy atom. The number of benzene rings is 1. The van der Waals surface area contributed by atoms with Crippen molar-refractivity contribution in [1.29, 1.82) is 0 Å². The molecule has 2 heterocycles. The van der Waals surface area contributed by atoms with Crippen LogP contribution in [0.1, 0.15) is 50.0 Å². The molecular weight excluding hydrogens is 620 g/mol. The highest BCUT2D eigenvalue weighted by atomic mass is 35.5. The quantitative estimate of drug-likeness (QED) is 0.187. The number of phenolic OH excluding ortho intramolecular Hbond substituents is 1. The molecule has 2 saturated heterocycles. The maximum atomic E-state index is 13.7. The van der Waals surface area contributed by atoms with Crippen molar-refractivity contribution in [3.8, 4) is 11.5 Å². The van der Waals surface area contributed by atoms with E-state index in [0.717, 1.165) is 35.0 Å². The van der Waals surface area contributed by atoms with E-state index in [2.05, 4.69) is 4.74 Å². The molecule has 10 nitrogen and oxygen atoms in total. The number of carbonyl (C=O) groups is 5. The summed E-state index contributed by atoms with van der Waals surface area (Å²) < 4.78 is 43.3. The van der Waals surface area contributed by atoms with Crippen molar-refractivity contribution in [3.63, 3.8) is 0 Å². The lowest BCUT2D eigenvalue weighted by molar-refractivity contribution is -0.274. The summed E-state index contributed by atoms with van der Waals surface area (Å²) in [5.74, 6) is -9.21. The summed E-state index contributed by atoms with van der Waals surface area (Å²) in [4.78, 5) is 62.3. The molecule has 5 rings (SSSR count). The Balaban J connectivity index is 1.56. The minimum atomic E-state index is -5.08. The number of unbranched alkanes of at least 4 members (excludes halogenated alkanes) is 2. The molecule has 2 aliphatic carbocycles. The van der Waals surface area contributed by atoms with Gasteiger partial charge in [0.05, 0.1) is 11.8 Å². The van der Waals surface area contributed by atoms with Crippen LogP contribution < -0.4 is 4.74 Å². The summed E-state index contributed by atoms with van der Waals surface area (Å²) in [7, 11) is 1.16. The highest BCUT2D eigenvalue weighted by Crippen LogP contribution is 2.66. The van der Waals surface area contributed by atoms with Gasteiger partial charge in [0.1, 0.15) is 11.5 Å². The lowest BCUT2D eigenvalue weighted by atomic mass is 9.56. The van der Waals surface area contributed by atoms with Crippen molar-refractivity contribution >= 4 is 52.8 Å². The number of carbonyl (C=O) groups excluding carboxylic acids is 4. The van der Waals surface area contributed by atoms with E-state index in [9.17, 15) is 42.3 Å². The third kappa shape index (κ3) is 4.84. The molecule has 3 fully saturated rings. The number of fused-ring (bicyclic) bond motifs is 4. The molecule has 1 aromatic rings. The van der Waals surface area contributed by atoms with E-state index in [0.29, 0.717) is 24.8 Å². The SMILES string of the molecule is CN1C(=O)[C@]2(Cl)C[C@@H]3C(=CC[C@@H]4C(=O)N(CCCCCC(=O)O)C(=O)[C@@H]43)[C@H](c3cc(OC(F)(F)F)ccc3O)[C@]2(Cl)C1=O. The molecule has 0 aromatic heterocycles. The predicted molar refractivity (Wildman–Crippen MR) is 143 cm³/mol. The van der Waals surface area contributed by atoms with Crippen LogP contribution in [-0.4, -0.2) is 79.3 Å². The maximum absolute atomic E-state index is 13.7. The number of phenols is 1. The molecule has 1 saturated carbocycles. The van der Waals surface area contributed by atoms with E-state index in [1.54, 1.807) is 6.08 Å². The van der Waals surface area contributed by atoms with Gasteiger partial charge in [0.15, 0.2) is 9.75 Å². The van der Waals surface area contributed by atoms with Crippen molar-refractivity contribution in [3.05, 3.63) is 35.4 Å². The lowest BCUT2D eigenvalue weighted by Crippen LogP contribution is -2.60. The Morgan fingerprint density at radius 1 is 1.07 bits per heavy atom. The second-order valence-corrected chi connectivity index (χ2v) is 12.5. The van der Waals surface area contributed by atoms with Crippen LogP contribution in [0.2, 0.25) is 0 Å². The molecule has 0 spiro atoms. The third-order valence-electron chi connectivity index (χ3n) is 8.92. The van der Waals surface area contributed by atoms with Crippen LogP contribution in [0, 0.1) is 17.8 Å². The number of nitrogens with zero attached hydrogens (tertiary/aromatic N) is 2. The fourth-order valence-electron chi connectivity index (χ4n) is 7.06. The van der Waals surface area contributed by atoms with Crippen molar-refractivity contribution < 1.29 is 52.1 Å². The van der Waals surface area contributed by atoms with Crippen LogP contribution in [0.25, 0.3) is 0 Å². The Hall–Kier alpha value is -3.32. The van der Waals surface area contributed by atoms with E-state index in [1.165, 1.54) is 0 Å². The number of likely N-dealkylation sites (tertiary alicyclic amines) is 2. The summed E-state index contributed by atoms with van der Waals surface area (Å²) in [5.41, 5.74) is 0.0348. The lowest BCUT2D eigenvalue weighted by Gasteiger charge is -2.50. The van der Waals surface area contributed by atoms with Crippen LogP contribution in [0.15, 0.2) is 29.8 Å². The van der Waals surface area contributed by atoms with Gasteiger partial charge in [0, 0.05) is 31.5 Å². The first-order chi connectivity index (χ1) is 20.0. The van der Waals surface area contributed by atoms with Crippen molar-refractivity contribution in [2.45, 2.75) is 60.6 Å². The molecule has 15 heteroatoms. The molecule has 0 radical (unpaired) electrons. The van der Waals surface area contributed by atoms with E-state index in [4.69, 9.17) is 28.3 Å². The summed E-state index contributed by atoms with van der Waals surface area (Å²) in [6.45, 7) is 0.0546. The summed E-state index contributed by atoms with van der Waals surface area (Å²) in [5, 5.41) is 19.7. The van der Waals surface area contributed by atoms with Crippen molar-refractivity contribution in [2.75, 3.05) is 13.6 Å². The zero-order chi connectivity index (χ0) is 31.6. The number of allylic oxidation sites excluding steroid dienone is 2. The minimum Gasteiger partial charge on any atom is -0.508 e. The standard InChI is InChI=1S/C28H27Cl2F3N2O8/c1-34-24(41)26(29)12-17-14(7-8-15-20(17)23(40)35(22(15)39)10-4-2-3-5-19(37)38)21(27(26,30)25(34)42)16-11-13(6-9-18(16)36)43-28(31,32)33/h6-7,9,11,15,17,20-21,36H,2-5,8,10,12H2,1H3,(H,37,38)/t15-,17+,20-,21+,26+,27-/m0/s1. The van der Waals surface area contributed by atoms with Crippen LogP contribution in [0.5, 0.6) is 11.5 Å². The van der Waals surface area contributed by atoms with E-state index in [-0.39, 0.29) is 31.4 Å². The van der Waals surface area contributed by atoms with Gasteiger partial charge in [-0.15, -0.1) is 36.4 Å². The Kier molecular flexibility index (Phi) is 7.73. The average molecular weight is 647 g/mol. The Bertz CT molecular complexity index is 1450. The van der Waals surface area contributed by atoms with Crippen LogP contribution in [0.4, 0.5) is 13.2 Å². The minimum absolute atomic E-state index is 0.0345. The monoisotopic (exact) mass is 646 g/mol. The molecule has 0 bridgehead atoms. The molecule has 2 N–H and O–H groups in total. The van der Waals surface area contributed by atoms with Crippen LogP contribution in [-0.2, 0) is 24.0 Å². The highest BCUT2D eigenvalue weighted by Gasteiger charge is 2.76. The highest BCUT2D eigenvalue weighted by molar-refractivity contribution is 6.53. The van der Waals surface area contributed by atoms with E-state index >= 15 is 0 Å². The van der Waals surface area contributed by atoms with Gasteiger partial charge in [0.25, 0.3) is 11.8 Å². The number of carboxylic acid groups (broad SMARTS) is 1. The van der Waals surface area contributed by atoms with Gasteiger partial charge in [0.2, 0.25) is 11.8 Å². The zero-order valence-corrected chi connectivity index (χ0v) is 24.2. The number of aromatic hydroxyl groups is 1. The fourth-order valence-corrected chi connectivity index (χ4v) is 8.07. The molecule has 4 aliphatic rings. The second-order valence-electron chi connectivity index (χ2n) is 11.3. The van der Waals surface area contributed by atoms with Gasteiger partial charge < -0.3 is 14.9 Å². The predicted octanol–water partition coefficient (Wildman–Crippen LogP) is 3.92. The maximum Gasteiger partial charge on any atom is 0.573 e. The number of carboxylic acids is 1. The average Bonchev–Trinajstić information content (AvgIpc) is 3.23. The van der Waals surface area contributed by atoms with Crippen molar-refractivity contribution in [2.24, 2.45) is 17.8 Å². The number of hydrogen-bond acceptors (Lipinski definition) is 7. The number of aliphatic carboxylic acids is 1. The van der Waals surface area contributed by atoms with Gasteiger partial charge in [-0.1, -0.05) is 18.1 Å². The number of halogens is 5. The molecule has 6 atom stereocenters. The molecular formula is C28H27Cl2F3N2O8. The van der Waals surface area contributed by atoms with E-state index < -0.39 is 80.9 Å². The fraction of sp³-hybridized carbons (Fsp3) is 0.536. The summed E-state index contributed by atoms with van der Waals surface area (Å²) in [6, 6.07) is 2.67. The van der Waals surface area contributed by atoms with Gasteiger partial charge in [-0.05, 0) is 49.8 Å². The van der Waals surface area contributed by atoms with Gasteiger partial charge >= 0.3 is 12.3 Å². The third-order valence-corrected chi connectivity index (χ3v) is 10.3. The molecule has 43 heavy (non-hydrogen) atoms. The number of amides is 4. The molecule has 0 unspecified atom stereocenters. The molecule has 2 aliphatic heterocycles. The Morgan fingerprint density at radius 2 is 1.77 bits per heavy atom. The summed E-state index contributed by atoms with van der Waals surface area (Å²) in [6.07, 6.45) is -2.62. The number of ether oxygens (including phenoxy) is 1. The molecule has 4 amide bonds. The van der Waals surface area contributed by atoms with Crippen molar-refractivity contribution in [1.82, 2.24) is 9.80 Å². The first-order valence-corrected chi connectivity index (χ1v) is 14.3. The number of imide groups is 2. The smallest absolute Gasteiger partial charge is 0.508 e. The first-order valence-electron chi connectivity index (χ1n) is 13.6. The zero-order valence-electron chi connectivity index (χ0n) is 22.7. The van der Waals surface area contributed by atoms with Gasteiger partial charge in [-0.2, -0.15) is 0 Å². The Labute approximate surface area is 253 Å². The topological polar surface area (TPSA) is 142 Å². The summed E-state index contributed by atoms with van der Waals surface area (Å²) >= 11 is 14.0. The first kappa shape index (κ1) is 31.1. The number of rotatable bonds is 8. The normalized spacial score (nSPS) is 32.0. The number of hydrogen-bond donors (Lipinski definition) is 2. The van der Waals surface area contributed by atoms with Gasteiger partial charge in [-0.3, -0.25) is 33.8 Å². The van der Waals surface area contributed by atoms with Crippen LogP contribution >= 0.6 is 23.2 Å². The second kappa shape index (κ2) is 10.7. The molecule has 1 aromatic carbocycles.